The average molecular weight is 176 g/mol. The van der Waals surface area contributed by atoms with Gasteiger partial charge in [0.15, 0.2) is 0 Å². The molecular weight excluding hydrogens is 163 g/mol. The van der Waals surface area contributed by atoms with Gasteiger partial charge in [0, 0.05) is 0 Å². The van der Waals surface area contributed by atoms with E-state index < -0.39 is 0 Å². The van der Waals surface area contributed by atoms with Gasteiger partial charge in [-0.15, -0.1) is 0 Å². The van der Waals surface area contributed by atoms with Crippen molar-refractivity contribution >= 4 is 26.0 Å². The molecular formula is C11H13P. The summed E-state index contributed by atoms with van der Waals surface area (Å²) in [6, 6.07) is 6.40. The second kappa shape index (κ2) is 4.23. The zero-order valence-electron chi connectivity index (χ0n) is 7.30. The topological polar surface area (TPSA) is 0 Å². The van der Waals surface area contributed by atoms with Crippen molar-refractivity contribution in [3.8, 4) is 0 Å². The Labute approximate surface area is 75.8 Å². The third-order valence-electron chi connectivity index (χ3n) is 1.82. The molecule has 0 saturated carbocycles. The molecule has 0 spiro atoms. The Bertz CT molecular complexity index is 300. The van der Waals surface area contributed by atoms with Crippen LogP contribution in [0, 0.1) is 0 Å². The Morgan fingerprint density at radius 2 is 1.83 bits per heavy atom. The van der Waals surface area contributed by atoms with Crippen molar-refractivity contribution in [1.82, 2.24) is 0 Å². The second-order valence-electron chi connectivity index (χ2n) is 2.50. The van der Waals surface area contributed by atoms with Gasteiger partial charge in [-0.1, -0.05) is 46.0 Å². The molecule has 0 radical (unpaired) electrons. The first-order chi connectivity index (χ1) is 5.81. The van der Waals surface area contributed by atoms with E-state index in [1.165, 1.54) is 10.9 Å². The Hall–Kier alpha value is -0.870. The molecule has 1 aromatic carbocycles. The molecule has 1 aromatic rings. The number of rotatable bonds is 3. The fourth-order valence-electron chi connectivity index (χ4n) is 1.09. The van der Waals surface area contributed by atoms with E-state index in [2.05, 4.69) is 38.0 Å². The van der Waals surface area contributed by atoms with Crippen LogP contribution in [0.25, 0.3) is 12.2 Å². The van der Waals surface area contributed by atoms with E-state index in [1.54, 1.807) is 0 Å². The summed E-state index contributed by atoms with van der Waals surface area (Å²) < 4.78 is 0. The van der Waals surface area contributed by atoms with Gasteiger partial charge in [0.05, 0.1) is 0 Å². The molecule has 0 saturated heterocycles. The summed E-state index contributed by atoms with van der Waals surface area (Å²) in [6.45, 7) is 9.70. The SMILES string of the molecule is C=Cc1ccc(PC)cc1C=C. The van der Waals surface area contributed by atoms with Crippen molar-refractivity contribution in [2.45, 2.75) is 0 Å². The number of benzene rings is 1. The Morgan fingerprint density at radius 1 is 1.17 bits per heavy atom. The van der Waals surface area contributed by atoms with Crippen LogP contribution in [0.2, 0.25) is 0 Å². The predicted molar refractivity (Wildman–Crippen MR) is 60.5 cm³/mol. The monoisotopic (exact) mass is 176 g/mol. The van der Waals surface area contributed by atoms with Gasteiger partial charge in [-0.2, -0.15) is 0 Å². The highest BCUT2D eigenvalue weighted by molar-refractivity contribution is 7.46. The first-order valence-electron chi connectivity index (χ1n) is 3.88. The van der Waals surface area contributed by atoms with E-state index in [0.29, 0.717) is 0 Å². The Kier molecular flexibility index (Phi) is 3.25. The minimum atomic E-state index is 0.845. The van der Waals surface area contributed by atoms with Crippen molar-refractivity contribution in [1.29, 1.82) is 0 Å². The lowest BCUT2D eigenvalue weighted by atomic mass is 10.1. The molecule has 0 nitrogen and oxygen atoms in total. The maximum absolute atomic E-state index is 3.77. The molecule has 1 unspecified atom stereocenters. The number of hydrogen-bond donors (Lipinski definition) is 0. The maximum Gasteiger partial charge on any atom is -0.0184 e. The molecule has 0 N–H and O–H groups in total. The summed E-state index contributed by atoms with van der Waals surface area (Å²) in [5, 5.41) is 1.37. The Balaban J connectivity index is 3.18. The fourth-order valence-corrected chi connectivity index (χ4v) is 1.64. The van der Waals surface area contributed by atoms with Crippen LogP contribution in [0.1, 0.15) is 11.1 Å². The highest BCUT2D eigenvalue weighted by Gasteiger charge is 1.95. The van der Waals surface area contributed by atoms with Gasteiger partial charge in [0.2, 0.25) is 0 Å². The first kappa shape index (κ1) is 9.22. The number of hydrogen-bond acceptors (Lipinski definition) is 0. The van der Waals surface area contributed by atoms with Gasteiger partial charge in [-0.3, -0.25) is 0 Å². The smallest absolute Gasteiger partial charge is 0.0184 e. The first-order valence-corrected chi connectivity index (χ1v) is 5.38. The molecule has 1 rings (SSSR count). The van der Waals surface area contributed by atoms with Crippen molar-refractivity contribution in [3.05, 3.63) is 42.5 Å². The predicted octanol–water partition coefficient (Wildman–Crippen LogP) is 2.91. The molecule has 0 aliphatic heterocycles. The summed E-state index contributed by atoms with van der Waals surface area (Å²) in [6.07, 6.45) is 3.74. The molecule has 0 bridgehead atoms. The van der Waals surface area contributed by atoms with Gasteiger partial charge < -0.3 is 0 Å². The van der Waals surface area contributed by atoms with E-state index in [-0.39, 0.29) is 0 Å². The molecule has 12 heavy (non-hydrogen) atoms. The van der Waals surface area contributed by atoms with Gasteiger partial charge in [0.25, 0.3) is 0 Å². The van der Waals surface area contributed by atoms with Crippen LogP contribution in [0.3, 0.4) is 0 Å². The van der Waals surface area contributed by atoms with E-state index in [9.17, 15) is 0 Å². The molecule has 0 heterocycles. The quantitative estimate of drug-likeness (QED) is 0.621. The second-order valence-corrected chi connectivity index (χ2v) is 3.58. The molecule has 0 amide bonds. The average Bonchev–Trinajstić information content (AvgIpc) is 2.16. The molecule has 62 valence electrons. The van der Waals surface area contributed by atoms with Gasteiger partial charge >= 0.3 is 0 Å². The summed E-state index contributed by atoms with van der Waals surface area (Å²) in [4.78, 5) is 0. The molecule has 0 aromatic heterocycles. The minimum absolute atomic E-state index is 0.845. The van der Waals surface area contributed by atoms with Gasteiger partial charge in [-0.05, 0) is 29.2 Å². The molecule has 0 aliphatic rings. The van der Waals surface area contributed by atoms with Crippen LogP contribution in [-0.4, -0.2) is 6.66 Å². The highest BCUT2D eigenvalue weighted by atomic mass is 31.1. The zero-order chi connectivity index (χ0) is 8.97. The van der Waals surface area contributed by atoms with Gasteiger partial charge in [0.1, 0.15) is 0 Å². The molecule has 1 atom stereocenters. The lowest BCUT2D eigenvalue weighted by Crippen LogP contribution is -1.94. The third kappa shape index (κ3) is 1.84. The minimum Gasteiger partial charge on any atom is -0.0984 e. The summed E-state index contributed by atoms with van der Waals surface area (Å²) in [5.74, 6) is 0. The van der Waals surface area contributed by atoms with E-state index in [4.69, 9.17) is 0 Å². The summed E-state index contributed by atoms with van der Waals surface area (Å²) >= 11 is 0. The maximum atomic E-state index is 3.77. The fraction of sp³-hybridized carbons (Fsp3) is 0.0909. The van der Waals surface area contributed by atoms with Crippen molar-refractivity contribution in [2.75, 3.05) is 6.66 Å². The summed E-state index contributed by atoms with van der Waals surface area (Å²) in [7, 11) is 0.845. The van der Waals surface area contributed by atoms with Crippen molar-refractivity contribution in [2.24, 2.45) is 0 Å². The van der Waals surface area contributed by atoms with Gasteiger partial charge in [-0.25, -0.2) is 0 Å². The van der Waals surface area contributed by atoms with Crippen LogP contribution < -0.4 is 5.30 Å². The van der Waals surface area contributed by atoms with Crippen LogP contribution in [-0.2, 0) is 0 Å². The summed E-state index contributed by atoms with van der Waals surface area (Å²) in [5.41, 5.74) is 2.34. The molecule has 0 aliphatic carbocycles. The van der Waals surface area contributed by atoms with Crippen molar-refractivity contribution in [3.63, 3.8) is 0 Å². The molecule has 0 fully saturated rings. The third-order valence-corrected chi connectivity index (χ3v) is 2.70. The molecule has 1 heteroatoms. The Morgan fingerprint density at radius 3 is 2.33 bits per heavy atom. The van der Waals surface area contributed by atoms with Crippen LogP contribution >= 0.6 is 8.58 Å². The highest BCUT2D eigenvalue weighted by Crippen LogP contribution is 2.13. The lowest BCUT2D eigenvalue weighted by molar-refractivity contribution is 1.66. The van der Waals surface area contributed by atoms with Crippen molar-refractivity contribution < 1.29 is 0 Å². The van der Waals surface area contributed by atoms with E-state index in [0.717, 1.165) is 14.1 Å². The lowest BCUT2D eigenvalue weighted by Gasteiger charge is -2.02. The standard InChI is InChI=1S/C11H13P/c1-4-9-6-7-11(12-3)8-10(9)5-2/h4-8,12H,1-2H2,3H3. The van der Waals surface area contributed by atoms with Crippen LogP contribution in [0.4, 0.5) is 0 Å². The normalized spacial score (nSPS) is 10.4. The van der Waals surface area contributed by atoms with E-state index in [1.807, 2.05) is 12.2 Å². The van der Waals surface area contributed by atoms with Crippen LogP contribution in [0.5, 0.6) is 0 Å². The largest absolute Gasteiger partial charge is 0.0984 e. The van der Waals surface area contributed by atoms with E-state index >= 15 is 0 Å². The zero-order valence-corrected chi connectivity index (χ0v) is 8.30. The van der Waals surface area contributed by atoms with Crippen LogP contribution in [0.15, 0.2) is 31.4 Å².